The predicted octanol–water partition coefficient (Wildman–Crippen LogP) is 2.66. The molecular formula is C15H9ClN4O3. The third-order valence-corrected chi connectivity index (χ3v) is 3.48. The van der Waals surface area contributed by atoms with Crippen LogP contribution in [-0.4, -0.2) is 27.9 Å². The number of carbonyl (C=O) groups excluding carboxylic acids is 1. The number of rotatable bonds is 2. The molecular weight excluding hydrogens is 320 g/mol. The average Bonchev–Trinajstić information content (AvgIpc) is 3.01. The summed E-state index contributed by atoms with van der Waals surface area (Å²) >= 11 is 5.92. The molecule has 0 fully saturated rings. The average molecular weight is 329 g/mol. The summed E-state index contributed by atoms with van der Waals surface area (Å²) in [6, 6.07) is 10.1. The maximum atomic E-state index is 12.3. The van der Waals surface area contributed by atoms with E-state index >= 15 is 0 Å². The number of anilines is 1. The number of amides is 1. The van der Waals surface area contributed by atoms with E-state index in [0.717, 1.165) is 0 Å². The summed E-state index contributed by atoms with van der Waals surface area (Å²) in [6.45, 7) is 0.172. The maximum absolute atomic E-state index is 12.3. The molecule has 0 atom stereocenters. The van der Waals surface area contributed by atoms with Gasteiger partial charge < -0.3 is 14.8 Å². The van der Waals surface area contributed by atoms with Crippen LogP contribution in [0.5, 0.6) is 11.5 Å². The van der Waals surface area contributed by atoms with Gasteiger partial charge in [-0.25, -0.2) is 4.98 Å². The van der Waals surface area contributed by atoms with E-state index in [1.54, 1.807) is 36.4 Å². The van der Waals surface area contributed by atoms with Crippen LogP contribution in [0.4, 0.5) is 5.69 Å². The van der Waals surface area contributed by atoms with Crippen molar-refractivity contribution < 1.29 is 14.3 Å². The molecule has 0 saturated carbocycles. The number of fused-ring (bicyclic) bond motifs is 2. The summed E-state index contributed by atoms with van der Waals surface area (Å²) in [5.41, 5.74) is 1.62. The first-order chi connectivity index (χ1) is 11.2. The molecule has 1 aromatic heterocycles. The van der Waals surface area contributed by atoms with E-state index in [2.05, 4.69) is 20.5 Å². The normalized spacial score (nSPS) is 12.4. The van der Waals surface area contributed by atoms with Crippen LogP contribution in [-0.2, 0) is 0 Å². The first-order valence-corrected chi connectivity index (χ1v) is 7.08. The zero-order chi connectivity index (χ0) is 15.8. The van der Waals surface area contributed by atoms with Crippen molar-refractivity contribution in [3.05, 3.63) is 47.2 Å². The molecule has 4 rings (SSSR count). The minimum Gasteiger partial charge on any atom is -0.454 e. The number of nitrogens with one attached hydrogen (secondary N) is 1. The number of hydrogen-bond acceptors (Lipinski definition) is 6. The number of nitrogens with zero attached hydrogens (tertiary/aromatic N) is 3. The van der Waals surface area contributed by atoms with Crippen molar-refractivity contribution in [1.82, 2.24) is 15.2 Å². The van der Waals surface area contributed by atoms with Gasteiger partial charge in [0.05, 0.1) is 5.52 Å². The van der Waals surface area contributed by atoms with Gasteiger partial charge in [-0.3, -0.25) is 4.79 Å². The highest BCUT2D eigenvalue weighted by Crippen LogP contribution is 2.34. The summed E-state index contributed by atoms with van der Waals surface area (Å²) < 4.78 is 10.5. The summed E-state index contributed by atoms with van der Waals surface area (Å²) in [7, 11) is 0. The highest BCUT2D eigenvalue weighted by atomic mass is 35.5. The first kappa shape index (κ1) is 13.7. The van der Waals surface area contributed by atoms with E-state index in [0.29, 0.717) is 33.2 Å². The molecule has 0 radical (unpaired) electrons. The summed E-state index contributed by atoms with van der Waals surface area (Å²) in [5, 5.41) is 11.0. The fraction of sp³-hybridized carbons (Fsp3) is 0.0667. The van der Waals surface area contributed by atoms with Gasteiger partial charge in [-0.1, -0.05) is 11.6 Å². The van der Waals surface area contributed by atoms with Crippen molar-refractivity contribution in [2.45, 2.75) is 0 Å². The lowest BCUT2D eigenvalue weighted by Crippen LogP contribution is -2.16. The van der Waals surface area contributed by atoms with Crippen molar-refractivity contribution in [2.24, 2.45) is 0 Å². The van der Waals surface area contributed by atoms with Crippen LogP contribution < -0.4 is 14.8 Å². The minimum atomic E-state index is -0.474. The monoisotopic (exact) mass is 328 g/mol. The van der Waals surface area contributed by atoms with Crippen molar-refractivity contribution >= 4 is 34.2 Å². The molecule has 8 heteroatoms. The first-order valence-electron chi connectivity index (χ1n) is 6.70. The van der Waals surface area contributed by atoms with Crippen LogP contribution in [0.15, 0.2) is 36.4 Å². The molecule has 0 bridgehead atoms. The molecule has 2 heterocycles. The van der Waals surface area contributed by atoms with Crippen molar-refractivity contribution in [3.8, 4) is 11.5 Å². The lowest BCUT2D eigenvalue weighted by atomic mass is 10.2. The Balaban J connectivity index is 1.61. The zero-order valence-corrected chi connectivity index (χ0v) is 12.4. The van der Waals surface area contributed by atoms with Gasteiger partial charge in [0, 0.05) is 16.8 Å². The van der Waals surface area contributed by atoms with E-state index in [4.69, 9.17) is 21.1 Å². The van der Waals surface area contributed by atoms with Gasteiger partial charge in [-0.05, 0) is 30.3 Å². The van der Waals surface area contributed by atoms with Crippen LogP contribution >= 0.6 is 11.6 Å². The molecule has 1 aliphatic rings. The molecule has 23 heavy (non-hydrogen) atoms. The Bertz CT molecular complexity index is 932. The van der Waals surface area contributed by atoms with Crippen LogP contribution in [0, 0.1) is 0 Å². The van der Waals surface area contributed by atoms with Crippen molar-refractivity contribution in [3.63, 3.8) is 0 Å². The lowest BCUT2D eigenvalue weighted by Gasteiger charge is -2.05. The van der Waals surface area contributed by atoms with E-state index < -0.39 is 5.91 Å². The second-order valence-corrected chi connectivity index (χ2v) is 5.23. The molecule has 114 valence electrons. The topological polar surface area (TPSA) is 86.2 Å². The van der Waals surface area contributed by atoms with Crippen molar-refractivity contribution in [2.75, 3.05) is 12.1 Å². The molecule has 1 amide bonds. The number of halogens is 1. The van der Waals surface area contributed by atoms with E-state index in [9.17, 15) is 4.79 Å². The minimum absolute atomic E-state index is 0.0440. The maximum Gasteiger partial charge on any atom is 0.295 e. The number of benzene rings is 2. The summed E-state index contributed by atoms with van der Waals surface area (Å²) in [6.07, 6.45) is 0. The molecule has 1 aliphatic heterocycles. The number of aromatic nitrogens is 3. The number of carbonyl (C=O) groups is 1. The largest absolute Gasteiger partial charge is 0.454 e. The van der Waals surface area contributed by atoms with Gasteiger partial charge in [0.15, 0.2) is 11.5 Å². The van der Waals surface area contributed by atoms with Gasteiger partial charge in [0.2, 0.25) is 12.6 Å². The van der Waals surface area contributed by atoms with Crippen molar-refractivity contribution in [1.29, 1.82) is 0 Å². The lowest BCUT2D eigenvalue weighted by molar-refractivity contribution is 0.101. The predicted molar refractivity (Wildman–Crippen MR) is 82.9 cm³/mol. The molecule has 1 N–H and O–H groups in total. The Morgan fingerprint density at radius 2 is 1.91 bits per heavy atom. The highest BCUT2D eigenvalue weighted by Gasteiger charge is 2.16. The van der Waals surface area contributed by atoms with Crippen LogP contribution in [0.25, 0.3) is 11.0 Å². The Kier molecular flexibility index (Phi) is 3.20. The Morgan fingerprint density at radius 3 is 2.83 bits per heavy atom. The van der Waals surface area contributed by atoms with E-state index in [1.165, 1.54) is 0 Å². The van der Waals surface area contributed by atoms with Gasteiger partial charge in [-0.2, -0.15) is 0 Å². The van der Waals surface area contributed by atoms with E-state index in [1.807, 2.05) is 0 Å². The Hall–Kier alpha value is -2.93. The molecule has 3 aromatic rings. The zero-order valence-electron chi connectivity index (χ0n) is 11.6. The van der Waals surface area contributed by atoms with Gasteiger partial charge in [-0.15, -0.1) is 10.2 Å². The SMILES string of the molecule is O=C(Nc1ccc2c(c1)OCO2)c1nnc2ccc(Cl)cc2n1. The summed E-state index contributed by atoms with van der Waals surface area (Å²) in [4.78, 5) is 16.4. The molecule has 0 unspecified atom stereocenters. The highest BCUT2D eigenvalue weighted by molar-refractivity contribution is 6.31. The Labute approximate surface area is 135 Å². The number of hydrogen-bond donors (Lipinski definition) is 1. The molecule has 0 spiro atoms. The second kappa shape index (κ2) is 5.36. The standard InChI is InChI=1S/C15H9ClN4O3/c16-8-1-3-10-11(5-8)18-14(20-19-10)15(21)17-9-2-4-12-13(6-9)23-7-22-12/h1-6H,7H2,(H,17,21). The molecule has 0 aliphatic carbocycles. The van der Waals surface area contributed by atoms with Crippen LogP contribution in [0.2, 0.25) is 5.02 Å². The van der Waals surface area contributed by atoms with Gasteiger partial charge in [0.1, 0.15) is 5.52 Å². The fourth-order valence-electron chi connectivity index (χ4n) is 2.17. The summed E-state index contributed by atoms with van der Waals surface area (Å²) in [5.74, 6) is 0.698. The van der Waals surface area contributed by atoms with E-state index in [-0.39, 0.29) is 12.6 Å². The van der Waals surface area contributed by atoms with Gasteiger partial charge in [0.25, 0.3) is 5.91 Å². The van der Waals surface area contributed by atoms with Crippen LogP contribution in [0.1, 0.15) is 10.6 Å². The fourth-order valence-corrected chi connectivity index (χ4v) is 2.33. The molecule has 7 nitrogen and oxygen atoms in total. The van der Waals surface area contributed by atoms with Crippen LogP contribution in [0.3, 0.4) is 0 Å². The Morgan fingerprint density at radius 1 is 1.04 bits per heavy atom. The molecule has 0 saturated heterocycles. The van der Waals surface area contributed by atoms with Gasteiger partial charge >= 0.3 is 0 Å². The third-order valence-electron chi connectivity index (χ3n) is 3.25. The number of ether oxygens (including phenoxy) is 2. The second-order valence-electron chi connectivity index (χ2n) is 4.79. The third kappa shape index (κ3) is 2.62. The molecule has 2 aromatic carbocycles. The smallest absolute Gasteiger partial charge is 0.295 e. The quantitative estimate of drug-likeness (QED) is 0.778.